The second-order valence-corrected chi connectivity index (χ2v) is 6.10. The Kier molecular flexibility index (Phi) is 5.06. The monoisotopic (exact) mass is 354 g/mol. The number of carbonyl (C=O) groups is 2. The van der Waals surface area contributed by atoms with Gasteiger partial charge in [-0.15, -0.1) is 0 Å². The number of piperidine rings is 1. The van der Waals surface area contributed by atoms with E-state index in [1.807, 2.05) is 0 Å². The van der Waals surface area contributed by atoms with E-state index < -0.39 is 6.03 Å². The number of primary amides is 1. The summed E-state index contributed by atoms with van der Waals surface area (Å²) in [5, 5.41) is 2.61. The first-order chi connectivity index (χ1) is 9.97. The van der Waals surface area contributed by atoms with Crippen molar-refractivity contribution >= 4 is 33.6 Å². The van der Waals surface area contributed by atoms with E-state index in [-0.39, 0.29) is 11.8 Å². The Morgan fingerprint density at radius 2 is 2.19 bits per heavy atom. The summed E-state index contributed by atoms with van der Waals surface area (Å²) in [5.74, 6) is 0.209. The van der Waals surface area contributed by atoms with Crippen LogP contribution in [0.15, 0.2) is 22.7 Å². The van der Waals surface area contributed by atoms with Gasteiger partial charge in [0.15, 0.2) is 0 Å². The van der Waals surface area contributed by atoms with Gasteiger partial charge < -0.3 is 21.7 Å². The summed E-state index contributed by atoms with van der Waals surface area (Å²) >= 11 is 3.32. The fourth-order valence-corrected chi connectivity index (χ4v) is 2.77. The second-order valence-electron chi connectivity index (χ2n) is 5.24. The highest BCUT2D eigenvalue weighted by Crippen LogP contribution is 2.23. The minimum atomic E-state index is -0.529. The molecule has 5 N–H and O–H groups in total. The number of benzene rings is 1. The molecule has 1 unspecified atom stereocenters. The van der Waals surface area contributed by atoms with Gasteiger partial charge in [-0.3, -0.25) is 4.79 Å². The fraction of sp³-hybridized carbons (Fsp3) is 0.429. The molecule has 21 heavy (non-hydrogen) atoms. The summed E-state index contributed by atoms with van der Waals surface area (Å²) in [6.45, 7) is 1.85. The lowest BCUT2D eigenvalue weighted by Gasteiger charge is -2.33. The van der Waals surface area contributed by atoms with Crippen LogP contribution in [-0.4, -0.2) is 36.5 Å². The van der Waals surface area contributed by atoms with Crippen LogP contribution in [0.4, 0.5) is 10.5 Å². The number of likely N-dealkylation sites (tertiary alicyclic amines) is 1. The molecule has 1 fully saturated rings. The molecule has 2 rings (SSSR count). The highest BCUT2D eigenvalue weighted by molar-refractivity contribution is 9.10. The average molecular weight is 355 g/mol. The van der Waals surface area contributed by atoms with Crippen molar-refractivity contribution in [2.75, 3.05) is 25.4 Å². The summed E-state index contributed by atoms with van der Waals surface area (Å²) in [5.41, 5.74) is 12.0. The summed E-state index contributed by atoms with van der Waals surface area (Å²) in [7, 11) is 0. The number of rotatable bonds is 3. The lowest BCUT2D eigenvalue weighted by atomic mass is 9.97. The number of nitrogens with zero attached hydrogens (tertiary/aromatic N) is 1. The molecule has 0 spiro atoms. The van der Waals surface area contributed by atoms with Crippen molar-refractivity contribution in [1.82, 2.24) is 10.2 Å². The van der Waals surface area contributed by atoms with Crippen LogP contribution >= 0.6 is 15.9 Å². The molecular formula is C14H19BrN4O2. The van der Waals surface area contributed by atoms with Crippen LogP contribution < -0.4 is 16.8 Å². The van der Waals surface area contributed by atoms with E-state index >= 15 is 0 Å². The summed E-state index contributed by atoms with van der Waals surface area (Å²) < 4.78 is 0.779. The molecule has 1 aromatic rings. The van der Waals surface area contributed by atoms with Crippen LogP contribution in [0, 0.1) is 5.92 Å². The van der Waals surface area contributed by atoms with Crippen molar-refractivity contribution in [3.63, 3.8) is 0 Å². The van der Waals surface area contributed by atoms with Crippen LogP contribution in [0.5, 0.6) is 0 Å². The molecule has 1 saturated heterocycles. The zero-order valence-corrected chi connectivity index (χ0v) is 13.2. The predicted octanol–water partition coefficient (Wildman–Crippen LogP) is 1.55. The van der Waals surface area contributed by atoms with Crippen molar-refractivity contribution in [3.05, 3.63) is 28.2 Å². The molecule has 0 aliphatic carbocycles. The quantitative estimate of drug-likeness (QED) is 0.717. The smallest absolute Gasteiger partial charge is 0.312 e. The Morgan fingerprint density at radius 3 is 2.86 bits per heavy atom. The molecule has 0 bridgehead atoms. The van der Waals surface area contributed by atoms with E-state index in [1.54, 1.807) is 23.1 Å². The third-order valence-electron chi connectivity index (χ3n) is 3.61. The average Bonchev–Trinajstić information content (AvgIpc) is 2.47. The second kappa shape index (κ2) is 6.80. The zero-order chi connectivity index (χ0) is 15.4. The highest BCUT2D eigenvalue weighted by Gasteiger charge is 2.24. The first-order valence-corrected chi connectivity index (χ1v) is 7.64. The third-order valence-corrected chi connectivity index (χ3v) is 4.34. The lowest BCUT2D eigenvalue weighted by molar-refractivity contribution is 0.0675. The van der Waals surface area contributed by atoms with Crippen molar-refractivity contribution in [2.24, 2.45) is 11.7 Å². The van der Waals surface area contributed by atoms with Crippen LogP contribution in [0.3, 0.4) is 0 Å². The minimum Gasteiger partial charge on any atom is -0.398 e. The van der Waals surface area contributed by atoms with Gasteiger partial charge in [-0.2, -0.15) is 0 Å². The fourth-order valence-electron chi connectivity index (χ4n) is 2.52. The number of halogens is 1. The molecule has 1 aliphatic rings. The van der Waals surface area contributed by atoms with E-state index in [0.717, 1.165) is 23.9 Å². The third kappa shape index (κ3) is 4.10. The number of hydrogen-bond acceptors (Lipinski definition) is 3. The van der Waals surface area contributed by atoms with E-state index in [2.05, 4.69) is 21.2 Å². The normalized spacial score (nSPS) is 18.3. The zero-order valence-electron chi connectivity index (χ0n) is 11.6. The maximum absolute atomic E-state index is 12.5. The van der Waals surface area contributed by atoms with E-state index in [0.29, 0.717) is 24.3 Å². The van der Waals surface area contributed by atoms with Gasteiger partial charge in [-0.05, 0) is 52.9 Å². The number of urea groups is 1. The molecule has 0 radical (unpaired) electrons. The maximum Gasteiger partial charge on any atom is 0.312 e. The van der Waals surface area contributed by atoms with Crippen molar-refractivity contribution in [3.8, 4) is 0 Å². The summed E-state index contributed by atoms with van der Waals surface area (Å²) in [6.07, 6.45) is 1.90. The Hall–Kier alpha value is -1.76. The van der Waals surface area contributed by atoms with Crippen LogP contribution in [0.1, 0.15) is 23.2 Å². The standard InChI is InChI=1S/C14H19BrN4O2/c15-11-4-3-10(6-12(11)16)13(20)19-5-1-2-9(8-19)7-18-14(17)21/h3-4,6,9H,1-2,5,7-8,16H2,(H3,17,18,21). The highest BCUT2D eigenvalue weighted by atomic mass is 79.9. The van der Waals surface area contributed by atoms with E-state index in [9.17, 15) is 9.59 Å². The van der Waals surface area contributed by atoms with Gasteiger partial charge >= 0.3 is 6.03 Å². The molecule has 1 heterocycles. The SMILES string of the molecule is NC(=O)NCC1CCCN(C(=O)c2ccc(Br)c(N)c2)C1. The first kappa shape index (κ1) is 15.6. The molecular weight excluding hydrogens is 336 g/mol. The topological polar surface area (TPSA) is 101 Å². The van der Waals surface area contributed by atoms with Crippen molar-refractivity contribution in [2.45, 2.75) is 12.8 Å². The van der Waals surface area contributed by atoms with Crippen LogP contribution in [0.25, 0.3) is 0 Å². The Labute approximate surface area is 132 Å². The van der Waals surface area contributed by atoms with Gasteiger partial charge in [0.05, 0.1) is 0 Å². The molecule has 114 valence electrons. The predicted molar refractivity (Wildman–Crippen MR) is 84.8 cm³/mol. The van der Waals surface area contributed by atoms with Gasteiger partial charge in [0, 0.05) is 35.4 Å². The Bertz CT molecular complexity index is 550. The molecule has 7 heteroatoms. The molecule has 3 amide bonds. The van der Waals surface area contributed by atoms with Crippen molar-refractivity contribution < 1.29 is 9.59 Å². The lowest BCUT2D eigenvalue weighted by Crippen LogP contribution is -2.44. The minimum absolute atomic E-state index is 0.0297. The number of nitrogens with one attached hydrogen (secondary N) is 1. The van der Waals surface area contributed by atoms with Gasteiger partial charge in [0.25, 0.3) is 5.91 Å². The van der Waals surface area contributed by atoms with Gasteiger partial charge in [0.2, 0.25) is 0 Å². The molecule has 1 atom stereocenters. The first-order valence-electron chi connectivity index (χ1n) is 6.85. The summed E-state index contributed by atoms with van der Waals surface area (Å²) in [4.78, 5) is 25.1. The summed E-state index contributed by atoms with van der Waals surface area (Å²) in [6, 6.07) is 4.68. The van der Waals surface area contributed by atoms with Crippen molar-refractivity contribution in [1.29, 1.82) is 0 Å². The van der Waals surface area contributed by atoms with Gasteiger partial charge in [0.1, 0.15) is 0 Å². The largest absolute Gasteiger partial charge is 0.398 e. The van der Waals surface area contributed by atoms with E-state index in [1.165, 1.54) is 0 Å². The van der Waals surface area contributed by atoms with E-state index in [4.69, 9.17) is 11.5 Å². The van der Waals surface area contributed by atoms with Gasteiger partial charge in [-0.1, -0.05) is 0 Å². The molecule has 0 saturated carbocycles. The molecule has 1 aliphatic heterocycles. The molecule has 0 aromatic heterocycles. The number of carbonyl (C=O) groups excluding carboxylic acids is 2. The molecule has 6 nitrogen and oxygen atoms in total. The Balaban J connectivity index is 2.01. The molecule has 1 aromatic carbocycles. The van der Waals surface area contributed by atoms with Crippen LogP contribution in [-0.2, 0) is 0 Å². The number of anilines is 1. The number of hydrogen-bond donors (Lipinski definition) is 3. The number of nitrogens with two attached hydrogens (primary N) is 2. The maximum atomic E-state index is 12.5. The van der Waals surface area contributed by atoms with Gasteiger partial charge in [-0.25, -0.2) is 4.79 Å². The Morgan fingerprint density at radius 1 is 1.43 bits per heavy atom. The number of nitrogen functional groups attached to an aromatic ring is 1. The number of amides is 3. The van der Waals surface area contributed by atoms with Crippen LogP contribution in [0.2, 0.25) is 0 Å².